The standard InChI is InChI=1S/C24H23ClN2O2S/c1-14-3-6-16(7-4-14)22(28)27-24-21(19-12-5-15(2)13-20(19)30-24)23(29)26-18-10-8-17(25)9-11-18/h3-4,6-11,15H,5,12-13H2,1-2H3,(H,26,29)(H,27,28)/t15-/m0/s1. The first-order valence-corrected chi connectivity index (χ1v) is 11.2. The summed E-state index contributed by atoms with van der Waals surface area (Å²) in [5.41, 5.74) is 3.98. The Morgan fingerprint density at radius 1 is 1.00 bits per heavy atom. The van der Waals surface area contributed by atoms with Crippen LogP contribution >= 0.6 is 22.9 Å². The highest BCUT2D eigenvalue weighted by Crippen LogP contribution is 2.40. The Hall–Kier alpha value is -2.63. The fraction of sp³-hybridized carbons (Fsp3) is 0.250. The van der Waals surface area contributed by atoms with E-state index in [1.54, 1.807) is 36.4 Å². The van der Waals surface area contributed by atoms with Crippen LogP contribution in [0.5, 0.6) is 0 Å². The molecule has 0 fully saturated rings. The lowest BCUT2D eigenvalue weighted by molar-refractivity contribution is 0.102. The van der Waals surface area contributed by atoms with E-state index in [2.05, 4.69) is 17.6 Å². The van der Waals surface area contributed by atoms with E-state index in [0.29, 0.717) is 32.8 Å². The van der Waals surface area contributed by atoms with Crippen molar-refractivity contribution in [2.75, 3.05) is 10.6 Å². The van der Waals surface area contributed by atoms with Crippen molar-refractivity contribution in [3.05, 3.63) is 80.7 Å². The average molecular weight is 439 g/mol. The van der Waals surface area contributed by atoms with E-state index in [0.717, 1.165) is 30.4 Å². The van der Waals surface area contributed by atoms with E-state index in [1.807, 2.05) is 19.1 Å². The predicted molar refractivity (Wildman–Crippen MR) is 124 cm³/mol. The van der Waals surface area contributed by atoms with Gasteiger partial charge in [0.2, 0.25) is 0 Å². The largest absolute Gasteiger partial charge is 0.322 e. The fourth-order valence-corrected chi connectivity index (χ4v) is 5.22. The lowest BCUT2D eigenvalue weighted by Crippen LogP contribution is -2.19. The van der Waals surface area contributed by atoms with Crippen LogP contribution in [0.15, 0.2) is 48.5 Å². The normalized spacial score (nSPS) is 15.4. The van der Waals surface area contributed by atoms with Crippen molar-refractivity contribution >= 4 is 45.4 Å². The van der Waals surface area contributed by atoms with Gasteiger partial charge in [0.25, 0.3) is 11.8 Å². The van der Waals surface area contributed by atoms with Crippen LogP contribution in [0, 0.1) is 12.8 Å². The molecule has 0 unspecified atom stereocenters. The molecular weight excluding hydrogens is 416 g/mol. The molecule has 2 aromatic carbocycles. The molecule has 0 radical (unpaired) electrons. The van der Waals surface area contributed by atoms with Gasteiger partial charge < -0.3 is 10.6 Å². The second-order valence-electron chi connectivity index (χ2n) is 7.84. The number of nitrogens with one attached hydrogen (secondary N) is 2. The van der Waals surface area contributed by atoms with Gasteiger partial charge in [0, 0.05) is 21.2 Å². The van der Waals surface area contributed by atoms with Gasteiger partial charge in [-0.05, 0) is 74.1 Å². The number of amides is 2. The van der Waals surface area contributed by atoms with Crippen molar-refractivity contribution in [3.63, 3.8) is 0 Å². The van der Waals surface area contributed by atoms with Crippen molar-refractivity contribution in [1.29, 1.82) is 0 Å². The van der Waals surface area contributed by atoms with Gasteiger partial charge in [-0.1, -0.05) is 36.2 Å². The Bertz CT molecular complexity index is 1090. The van der Waals surface area contributed by atoms with Crippen LogP contribution in [0.4, 0.5) is 10.7 Å². The first-order valence-electron chi connectivity index (χ1n) is 10.00. The molecule has 154 valence electrons. The maximum atomic E-state index is 13.2. The number of benzene rings is 2. The Morgan fingerprint density at radius 3 is 2.40 bits per heavy atom. The number of anilines is 2. The zero-order valence-corrected chi connectivity index (χ0v) is 18.5. The second-order valence-corrected chi connectivity index (χ2v) is 9.38. The fourth-order valence-electron chi connectivity index (χ4n) is 3.69. The summed E-state index contributed by atoms with van der Waals surface area (Å²) in [5, 5.41) is 7.17. The van der Waals surface area contributed by atoms with Gasteiger partial charge in [-0.25, -0.2) is 0 Å². The number of hydrogen-bond acceptors (Lipinski definition) is 3. The Balaban J connectivity index is 1.65. The maximum absolute atomic E-state index is 13.2. The highest BCUT2D eigenvalue weighted by atomic mass is 35.5. The number of rotatable bonds is 4. The smallest absolute Gasteiger partial charge is 0.258 e. The maximum Gasteiger partial charge on any atom is 0.258 e. The van der Waals surface area contributed by atoms with Gasteiger partial charge in [0.1, 0.15) is 5.00 Å². The van der Waals surface area contributed by atoms with E-state index in [-0.39, 0.29) is 11.8 Å². The van der Waals surface area contributed by atoms with Crippen LogP contribution in [-0.2, 0) is 12.8 Å². The molecule has 2 amide bonds. The van der Waals surface area contributed by atoms with Crippen LogP contribution in [0.25, 0.3) is 0 Å². The van der Waals surface area contributed by atoms with Crippen molar-refractivity contribution in [1.82, 2.24) is 0 Å². The van der Waals surface area contributed by atoms with Crippen LogP contribution in [0.3, 0.4) is 0 Å². The summed E-state index contributed by atoms with van der Waals surface area (Å²) in [6.07, 6.45) is 2.81. The SMILES string of the molecule is Cc1ccc(C(=O)Nc2sc3c(c2C(=O)Nc2ccc(Cl)cc2)CC[C@H](C)C3)cc1. The summed E-state index contributed by atoms with van der Waals surface area (Å²) in [7, 11) is 0. The Kier molecular flexibility index (Phi) is 5.93. The summed E-state index contributed by atoms with van der Waals surface area (Å²) in [5.74, 6) is 0.162. The first-order chi connectivity index (χ1) is 14.4. The molecule has 1 aliphatic carbocycles. The van der Waals surface area contributed by atoms with Gasteiger partial charge >= 0.3 is 0 Å². The number of aryl methyl sites for hydroxylation is 1. The molecule has 2 N–H and O–H groups in total. The number of carbonyl (C=O) groups is 2. The van der Waals surface area contributed by atoms with Crippen LogP contribution < -0.4 is 10.6 Å². The second kappa shape index (κ2) is 8.62. The quantitative estimate of drug-likeness (QED) is 0.499. The summed E-state index contributed by atoms with van der Waals surface area (Å²) in [4.78, 5) is 27.2. The summed E-state index contributed by atoms with van der Waals surface area (Å²) < 4.78 is 0. The molecule has 1 aliphatic rings. The van der Waals surface area contributed by atoms with E-state index < -0.39 is 0 Å². The van der Waals surface area contributed by atoms with Gasteiger partial charge in [-0.2, -0.15) is 0 Å². The molecule has 3 aromatic rings. The molecule has 0 aliphatic heterocycles. The topological polar surface area (TPSA) is 58.2 Å². The number of halogens is 1. The number of thiophene rings is 1. The summed E-state index contributed by atoms with van der Waals surface area (Å²) in [6, 6.07) is 14.4. The Labute approximate surface area is 185 Å². The first kappa shape index (κ1) is 20.6. The molecule has 0 saturated carbocycles. The number of hydrogen-bond donors (Lipinski definition) is 2. The zero-order valence-electron chi connectivity index (χ0n) is 16.9. The molecule has 0 saturated heterocycles. The third kappa shape index (κ3) is 4.42. The van der Waals surface area contributed by atoms with Gasteiger partial charge in [-0.15, -0.1) is 11.3 Å². The third-order valence-corrected chi connectivity index (χ3v) is 6.80. The number of fused-ring (bicyclic) bond motifs is 1. The molecule has 0 bridgehead atoms. The molecule has 0 spiro atoms. The van der Waals surface area contributed by atoms with Crippen molar-refractivity contribution in [2.24, 2.45) is 5.92 Å². The van der Waals surface area contributed by atoms with Crippen LogP contribution in [-0.4, -0.2) is 11.8 Å². The minimum atomic E-state index is -0.206. The zero-order chi connectivity index (χ0) is 21.3. The highest BCUT2D eigenvalue weighted by Gasteiger charge is 2.28. The molecular formula is C24H23ClN2O2S. The summed E-state index contributed by atoms with van der Waals surface area (Å²) in [6.45, 7) is 4.20. The monoisotopic (exact) mass is 438 g/mol. The minimum Gasteiger partial charge on any atom is -0.322 e. The Morgan fingerprint density at radius 2 is 1.70 bits per heavy atom. The highest BCUT2D eigenvalue weighted by molar-refractivity contribution is 7.17. The molecule has 1 heterocycles. The number of carbonyl (C=O) groups excluding carboxylic acids is 2. The van der Waals surface area contributed by atoms with Gasteiger partial charge in [0.15, 0.2) is 0 Å². The minimum absolute atomic E-state index is 0.205. The van der Waals surface area contributed by atoms with Gasteiger partial charge in [0.05, 0.1) is 5.56 Å². The molecule has 6 heteroatoms. The van der Waals surface area contributed by atoms with Crippen LogP contribution in [0.1, 0.15) is 50.1 Å². The van der Waals surface area contributed by atoms with Crippen LogP contribution in [0.2, 0.25) is 5.02 Å². The average Bonchev–Trinajstić information content (AvgIpc) is 3.07. The van der Waals surface area contributed by atoms with E-state index in [4.69, 9.17) is 11.6 Å². The third-order valence-electron chi connectivity index (χ3n) is 5.38. The molecule has 30 heavy (non-hydrogen) atoms. The van der Waals surface area contributed by atoms with Gasteiger partial charge in [-0.3, -0.25) is 9.59 Å². The van der Waals surface area contributed by atoms with E-state index in [9.17, 15) is 9.59 Å². The predicted octanol–water partition coefficient (Wildman–Crippen LogP) is 6.34. The van der Waals surface area contributed by atoms with E-state index >= 15 is 0 Å². The van der Waals surface area contributed by atoms with E-state index in [1.165, 1.54) is 16.2 Å². The molecule has 1 aromatic heterocycles. The molecule has 4 rings (SSSR count). The van der Waals surface area contributed by atoms with Crippen molar-refractivity contribution in [3.8, 4) is 0 Å². The lowest BCUT2D eigenvalue weighted by atomic mass is 9.88. The lowest BCUT2D eigenvalue weighted by Gasteiger charge is -2.18. The van der Waals surface area contributed by atoms with Crippen molar-refractivity contribution < 1.29 is 9.59 Å². The summed E-state index contributed by atoms with van der Waals surface area (Å²) >= 11 is 7.47. The van der Waals surface area contributed by atoms with Crippen molar-refractivity contribution in [2.45, 2.75) is 33.1 Å². The molecule has 4 nitrogen and oxygen atoms in total. The molecule has 1 atom stereocenters.